The molecule has 5 amide bonds. The van der Waals surface area contributed by atoms with E-state index in [1.54, 1.807) is 63.5 Å². The molecule has 150 valence electrons. The zero-order valence-corrected chi connectivity index (χ0v) is 16.4. The standard InChI is InChI=1S/C21H22N4O4/c1-21(16-9-5-7-14(11-16)17(22)26)19(28)25(20(29)23-21)12-13-6-4-8-15(10-13)18(27)24(2)3/h4-11H,12H2,1-3H3,(H2,22,26)(H,23,29). The summed E-state index contributed by atoms with van der Waals surface area (Å²) in [7, 11) is 3.30. The molecule has 29 heavy (non-hydrogen) atoms. The van der Waals surface area contributed by atoms with Gasteiger partial charge < -0.3 is 16.0 Å². The number of nitrogens with two attached hydrogens (primary N) is 1. The fourth-order valence-electron chi connectivity index (χ4n) is 3.26. The Hall–Kier alpha value is -3.68. The molecule has 3 rings (SSSR count). The van der Waals surface area contributed by atoms with Gasteiger partial charge in [0.1, 0.15) is 5.54 Å². The molecule has 2 aromatic carbocycles. The molecule has 1 atom stereocenters. The van der Waals surface area contributed by atoms with Crippen molar-refractivity contribution >= 4 is 23.8 Å². The number of carbonyl (C=O) groups is 4. The van der Waals surface area contributed by atoms with Crippen LogP contribution in [0.1, 0.15) is 38.8 Å². The van der Waals surface area contributed by atoms with E-state index in [1.807, 2.05) is 0 Å². The van der Waals surface area contributed by atoms with Gasteiger partial charge in [-0.05, 0) is 42.3 Å². The van der Waals surface area contributed by atoms with Crippen molar-refractivity contribution in [2.45, 2.75) is 19.0 Å². The number of nitrogens with one attached hydrogen (secondary N) is 1. The molecule has 2 aromatic rings. The highest BCUT2D eigenvalue weighted by Crippen LogP contribution is 2.30. The summed E-state index contributed by atoms with van der Waals surface area (Å²) in [6, 6.07) is 12.6. The van der Waals surface area contributed by atoms with Crippen molar-refractivity contribution in [1.29, 1.82) is 0 Å². The Balaban J connectivity index is 1.88. The third kappa shape index (κ3) is 3.69. The number of rotatable bonds is 5. The van der Waals surface area contributed by atoms with Gasteiger partial charge in [-0.25, -0.2) is 4.79 Å². The summed E-state index contributed by atoms with van der Waals surface area (Å²) in [6.45, 7) is 1.60. The summed E-state index contributed by atoms with van der Waals surface area (Å²) >= 11 is 0. The largest absolute Gasteiger partial charge is 0.366 e. The molecule has 0 bridgehead atoms. The lowest BCUT2D eigenvalue weighted by Gasteiger charge is -2.22. The molecule has 0 radical (unpaired) electrons. The summed E-state index contributed by atoms with van der Waals surface area (Å²) in [4.78, 5) is 51.8. The van der Waals surface area contributed by atoms with Gasteiger partial charge in [0.25, 0.3) is 11.8 Å². The summed E-state index contributed by atoms with van der Waals surface area (Å²) in [6.07, 6.45) is 0. The van der Waals surface area contributed by atoms with E-state index in [0.29, 0.717) is 16.7 Å². The van der Waals surface area contributed by atoms with E-state index in [-0.39, 0.29) is 18.0 Å². The van der Waals surface area contributed by atoms with Crippen molar-refractivity contribution in [1.82, 2.24) is 15.1 Å². The van der Waals surface area contributed by atoms with Gasteiger partial charge in [-0.2, -0.15) is 0 Å². The molecular weight excluding hydrogens is 372 g/mol. The minimum Gasteiger partial charge on any atom is -0.366 e. The smallest absolute Gasteiger partial charge is 0.325 e. The number of benzene rings is 2. The molecular formula is C21H22N4O4. The van der Waals surface area contributed by atoms with Gasteiger partial charge in [0.2, 0.25) is 5.91 Å². The molecule has 0 saturated carbocycles. The highest BCUT2D eigenvalue weighted by atomic mass is 16.2. The second kappa shape index (κ2) is 7.38. The third-order valence-corrected chi connectivity index (χ3v) is 4.92. The van der Waals surface area contributed by atoms with E-state index in [4.69, 9.17) is 5.73 Å². The molecule has 1 fully saturated rings. The average molecular weight is 394 g/mol. The van der Waals surface area contributed by atoms with E-state index < -0.39 is 23.4 Å². The highest BCUT2D eigenvalue weighted by molar-refractivity contribution is 6.07. The minimum absolute atomic E-state index is 0.0182. The van der Waals surface area contributed by atoms with Crippen molar-refractivity contribution < 1.29 is 19.2 Å². The van der Waals surface area contributed by atoms with Gasteiger partial charge >= 0.3 is 6.03 Å². The Morgan fingerprint density at radius 2 is 1.72 bits per heavy atom. The Labute approximate surface area is 168 Å². The fraction of sp³-hybridized carbons (Fsp3) is 0.238. The van der Waals surface area contributed by atoms with Crippen LogP contribution in [-0.2, 0) is 16.9 Å². The number of hydrogen-bond acceptors (Lipinski definition) is 4. The lowest BCUT2D eigenvalue weighted by molar-refractivity contribution is -0.131. The first-order valence-corrected chi connectivity index (χ1v) is 8.98. The van der Waals surface area contributed by atoms with Crippen LogP contribution in [0.3, 0.4) is 0 Å². The zero-order chi connectivity index (χ0) is 21.3. The van der Waals surface area contributed by atoms with Crippen molar-refractivity contribution in [3.63, 3.8) is 0 Å². The maximum Gasteiger partial charge on any atom is 0.325 e. The number of primary amides is 1. The van der Waals surface area contributed by atoms with Crippen molar-refractivity contribution in [2.24, 2.45) is 5.73 Å². The first kappa shape index (κ1) is 20.1. The van der Waals surface area contributed by atoms with Crippen molar-refractivity contribution in [3.8, 4) is 0 Å². The van der Waals surface area contributed by atoms with E-state index in [9.17, 15) is 19.2 Å². The van der Waals surface area contributed by atoms with Gasteiger partial charge in [0.05, 0.1) is 6.54 Å². The van der Waals surface area contributed by atoms with Crippen LogP contribution in [0.15, 0.2) is 48.5 Å². The van der Waals surface area contributed by atoms with Crippen LogP contribution >= 0.6 is 0 Å². The highest BCUT2D eigenvalue weighted by Gasteiger charge is 2.49. The number of amides is 5. The van der Waals surface area contributed by atoms with Crippen LogP contribution in [0.4, 0.5) is 4.79 Å². The van der Waals surface area contributed by atoms with E-state index >= 15 is 0 Å². The molecule has 8 nitrogen and oxygen atoms in total. The summed E-state index contributed by atoms with van der Waals surface area (Å²) < 4.78 is 0. The van der Waals surface area contributed by atoms with Crippen LogP contribution < -0.4 is 11.1 Å². The SMILES string of the molecule is CN(C)C(=O)c1cccc(CN2C(=O)NC(C)(c3cccc(C(N)=O)c3)C2=O)c1. The van der Waals surface area contributed by atoms with Crippen LogP contribution in [0.2, 0.25) is 0 Å². The second-order valence-corrected chi connectivity index (χ2v) is 7.29. The summed E-state index contributed by atoms with van der Waals surface area (Å²) in [5, 5.41) is 2.70. The molecule has 1 saturated heterocycles. The molecule has 0 aromatic heterocycles. The number of hydrogen-bond donors (Lipinski definition) is 2. The lowest BCUT2D eigenvalue weighted by Crippen LogP contribution is -2.41. The molecule has 0 spiro atoms. The quantitative estimate of drug-likeness (QED) is 0.748. The predicted molar refractivity (Wildman–Crippen MR) is 106 cm³/mol. The lowest BCUT2D eigenvalue weighted by atomic mass is 9.90. The number of nitrogens with zero attached hydrogens (tertiary/aromatic N) is 2. The number of imide groups is 1. The second-order valence-electron chi connectivity index (χ2n) is 7.29. The molecule has 1 aliphatic rings. The van der Waals surface area contributed by atoms with Crippen LogP contribution in [0.25, 0.3) is 0 Å². The molecule has 8 heteroatoms. The normalized spacial score (nSPS) is 18.5. The van der Waals surface area contributed by atoms with E-state index in [1.165, 1.54) is 11.0 Å². The number of carbonyl (C=O) groups excluding carboxylic acids is 4. The van der Waals surface area contributed by atoms with Crippen LogP contribution in [-0.4, -0.2) is 47.6 Å². The first-order chi connectivity index (χ1) is 13.6. The zero-order valence-electron chi connectivity index (χ0n) is 16.4. The molecule has 1 aliphatic heterocycles. The Kier molecular flexibility index (Phi) is 5.11. The average Bonchev–Trinajstić information content (AvgIpc) is 2.91. The topological polar surface area (TPSA) is 113 Å². The minimum atomic E-state index is -1.32. The van der Waals surface area contributed by atoms with Crippen molar-refractivity contribution in [3.05, 3.63) is 70.8 Å². The van der Waals surface area contributed by atoms with Gasteiger partial charge in [0.15, 0.2) is 0 Å². The number of urea groups is 1. The third-order valence-electron chi connectivity index (χ3n) is 4.92. The molecule has 0 aliphatic carbocycles. The van der Waals surface area contributed by atoms with Gasteiger partial charge in [-0.3, -0.25) is 19.3 Å². The monoisotopic (exact) mass is 394 g/mol. The van der Waals surface area contributed by atoms with E-state index in [2.05, 4.69) is 5.32 Å². The molecule has 1 heterocycles. The van der Waals surface area contributed by atoms with Gasteiger partial charge in [-0.15, -0.1) is 0 Å². The predicted octanol–water partition coefficient (Wildman–Crippen LogP) is 1.45. The maximum atomic E-state index is 13.1. The first-order valence-electron chi connectivity index (χ1n) is 8.98. The van der Waals surface area contributed by atoms with Crippen LogP contribution in [0, 0.1) is 0 Å². The summed E-state index contributed by atoms with van der Waals surface area (Å²) in [5.74, 6) is -1.24. The Morgan fingerprint density at radius 3 is 2.38 bits per heavy atom. The van der Waals surface area contributed by atoms with Gasteiger partial charge in [0, 0.05) is 25.2 Å². The summed E-state index contributed by atoms with van der Waals surface area (Å²) in [5.41, 5.74) is 5.83. The fourth-order valence-corrected chi connectivity index (χ4v) is 3.26. The van der Waals surface area contributed by atoms with Gasteiger partial charge in [-0.1, -0.05) is 24.3 Å². The molecule has 3 N–H and O–H groups in total. The van der Waals surface area contributed by atoms with E-state index in [0.717, 1.165) is 4.90 Å². The Morgan fingerprint density at radius 1 is 1.07 bits per heavy atom. The maximum absolute atomic E-state index is 13.1. The Bertz CT molecular complexity index is 1020. The van der Waals surface area contributed by atoms with Crippen molar-refractivity contribution in [2.75, 3.05) is 14.1 Å². The molecule has 1 unspecified atom stereocenters. The van der Waals surface area contributed by atoms with Crippen LogP contribution in [0.5, 0.6) is 0 Å².